The van der Waals surface area contributed by atoms with Crippen LogP contribution >= 0.6 is 0 Å². The number of hydrogen-bond acceptors (Lipinski definition) is 2. The van der Waals surface area contributed by atoms with Crippen molar-refractivity contribution in [2.24, 2.45) is 0 Å². The Balaban J connectivity index is 0.000000143. The highest BCUT2D eigenvalue weighted by Crippen LogP contribution is 2.58. The van der Waals surface area contributed by atoms with Crippen LogP contribution in [0.2, 0.25) is 0 Å². The molecular formula is C142H98N2. The molecule has 26 aromatic carbocycles. The summed E-state index contributed by atoms with van der Waals surface area (Å²) in [4.78, 5) is 4.91. The normalized spacial score (nSPS) is 12.7. The van der Waals surface area contributed by atoms with Crippen molar-refractivity contribution in [3.8, 4) is 111 Å². The first-order chi connectivity index (χ1) is 70.9. The number of nitrogens with zero attached hydrogens (tertiary/aromatic N) is 2. The van der Waals surface area contributed by atoms with E-state index in [1.165, 1.54) is 253 Å². The molecule has 0 heterocycles. The summed E-state index contributed by atoms with van der Waals surface area (Å²) in [7, 11) is 0. The van der Waals surface area contributed by atoms with Gasteiger partial charge in [0.2, 0.25) is 0 Å². The lowest BCUT2D eigenvalue weighted by Crippen LogP contribution is -2.17. The van der Waals surface area contributed by atoms with E-state index in [0.717, 1.165) is 22.7 Å². The van der Waals surface area contributed by atoms with Crippen LogP contribution in [0.15, 0.2) is 522 Å². The van der Waals surface area contributed by atoms with E-state index in [4.69, 9.17) is 0 Å². The Labute approximate surface area is 839 Å². The minimum absolute atomic E-state index is 0.249. The Bertz CT molecular complexity index is 9510. The fourth-order valence-corrected chi connectivity index (χ4v) is 24.2. The smallest absolute Gasteiger partial charge is 0.0540 e. The van der Waals surface area contributed by atoms with E-state index in [1.54, 1.807) is 0 Å². The largest absolute Gasteiger partial charge is 0.310 e. The van der Waals surface area contributed by atoms with Crippen LogP contribution in [-0.4, -0.2) is 0 Å². The zero-order valence-corrected chi connectivity index (χ0v) is 80.5. The Morgan fingerprint density at radius 2 is 0.410 bits per heavy atom. The molecule has 2 nitrogen and oxygen atoms in total. The molecule has 0 atom stereocenters. The average Bonchev–Trinajstić information content (AvgIpc) is 0.909. The first kappa shape index (κ1) is 85.1. The summed E-state index contributed by atoms with van der Waals surface area (Å²) in [5.74, 6) is 0. The van der Waals surface area contributed by atoms with Crippen molar-refractivity contribution in [3.05, 3.63) is 544 Å². The molecule has 0 amide bonds. The second kappa shape index (κ2) is 34.5. The van der Waals surface area contributed by atoms with E-state index in [2.05, 4.69) is 559 Å². The van der Waals surface area contributed by atoms with Crippen LogP contribution in [0.4, 0.5) is 34.1 Å². The van der Waals surface area contributed by atoms with Crippen LogP contribution < -0.4 is 9.80 Å². The van der Waals surface area contributed by atoms with E-state index in [9.17, 15) is 0 Å². The van der Waals surface area contributed by atoms with Gasteiger partial charge < -0.3 is 9.80 Å². The fraction of sp³-hybridized carbons (Fsp3) is 0.0423. The van der Waals surface area contributed by atoms with Gasteiger partial charge in [-0.15, -0.1) is 0 Å². The Morgan fingerprint density at radius 3 is 0.799 bits per heavy atom. The molecule has 2 aliphatic carbocycles. The van der Waals surface area contributed by atoms with Gasteiger partial charge in [0, 0.05) is 44.4 Å². The molecule has 0 unspecified atom stereocenters. The summed E-state index contributed by atoms with van der Waals surface area (Å²) in [6.07, 6.45) is 0. The van der Waals surface area contributed by atoms with Gasteiger partial charge >= 0.3 is 0 Å². The molecule has 0 N–H and O–H groups in total. The third kappa shape index (κ3) is 14.1. The predicted molar refractivity (Wildman–Crippen MR) is 616 cm³/mol. The molecule has 676 valence electrons. The van der Waals surface area contributed by atoms with Crippen LogP contribution in [-0.2, 0) is 10.8 Å². The molecule has 0 radical (unpaired) electrons. The molecule has 0 bridgehead atoms. The highest BCUT2D eigenvalue weighted by Gasteiger charge is 2.39. The van der Waals surface area contributed by atoms with Gasteiger partial charge in [0.05, 0.1) is 11.4 Å². The minimum Gasteiger partial charge on any atom is -0.310 e. The van der Waals surface area contributed by atoms with Crippen LogP contribution in [0, 0.1) is 0 Å². The second-order valence-electron chi connectivity index (χ2n) is 40.0. The van der Waals surface area contributed by atoms with Crippen LogP contribution in [0.1, 0.15) is 49.9 Å². The summed E-state index contributed by atoms with van der Waals surface area (Å²) in [6.45, 7) is 9.62. The van der Waals surface area contributed by atoms with Crippen molar-refractivity contribution in [2.75, 3.05) is 9.80 Å². The highest BCUT2D eigenvalue weighted by molar-refractivity contribution is 6.35. The lowest BCUT2D eigenvalue weighted by Gasteiger charge is -2.30. The summed E-state index contributed by atoms with van der Waals surface area (Å²) in [6, 6.07) is 194. The maximum atomic E-state index is 2.48. The summed E-state index contributed by atoms with van der Waals surface area (Å²) < 4.78 is 0. The molecule has 0 saturated heterocycles. The van der Waals surface area contributed by atoms with Crippen molar-refractivity contribution >= 4 is 142 Å². The Kier molecular flexibility index (Phi) is 20.4. The molecule has 0 fully saturated rings. The number of rotatable bonds is 14. The Morgan fingerprint density at radius 1 is 0.139 bits per heavy atom. The molecule has 0 saturated carbocycles. The zero-order chi connectivity index (χ0) is 95.8. The van der Waals surface area contributed by atoms with Gasteiger partial charge in [-0.05, 0) is 328 Å². The molecule has 2 aliphatic rings. The number of hydrogen-bond donors (Lipinski definition) is 0. The number of benzene rings is 26. The van der Waals surface area contributed by atoms with Gasteiger partial charge in [-0.3, -0.25) is 0 Å². The standard InChI is InChI=1S/2C71H49N/c1-71(2)64-43-52(36-39-57(64)58-41-38-53(44-65(58)71)72(66-34-18-28-46-24-12-14-30-54(46)66)67-35-19-29-47-25-13-15-31-55(47)67)51-37-40-60-63(42-51)56-32-16-17-33-59(56)69-62(49-22-8-4-9-23-49)45-61(48-20-6-3-7-21-48)68(70(60)69)50-26-10-5-11-27-50;1-71(2)66-43-54(32-37-59(66)60-39-36-57(44-67(60)71)72(55-34-30-46-18-12-14-26-51(46)40-55)56-35-31-47-19-13-15-27-52(47)41-56)53-33-38-62-65(42-53)58-28-16-17-29-61(58)69-64(49-22-8-4-9-23-49)45-63(48-20-6-3-7-21-48)68(70(62)69)50-24-10-5-11-25-50/h2*3-45H,1-2H3. The fourth-order valence-electron chi connectivity index (χ4n) is 24.2. The second-order valence-corrected chi connectivity index (χ2v) is 40.0. The first-order valence-electron chi connectivity index (χ1n) is 50.3. The quantitative estimate of drug-likeness (QED) is 0.100. The minimum atomic E-state index is -0.258. The predicted octanol–water partition coefficient (Wildman–Crippen LogP) is 39.8. The van der Waals surface area contributed by atoms with Gasteiger partial charge in [-0.2, -0.15) is 0 Å². The van der Waals surface area contributed by atoms with Crippen LogP contribution in [0.25, 0.3) is 219 Å². The zero-order valence-electron chi connectivity index (χ0n) is 80.5. The maximum absolute atomic E-state index is 2.48. The first-order valence-corrected chi connectivity index (χ1v) is 50.3. The van der Waals surface area contributed by atoms with Crippen molar-refractivity contribution in [1.29, 1.82) is 0 Å². The van der Waals surface area contributed by atoms with E-state index in [1.807, 2.05) is 0 Å². The van der Waals surface area contributed by atoms with Crippen molar-refractivity contribution in [2.45, 2.75) is 38.5 Å². The molecule has 0 aromatic heterocycles. The lowest BCUT2D eigenvalue weighted by molar-refractivity contribution is 0.660. The van der Waals surface area contributed by atoms with Crippen LogP contribution in [0.5, 0.6) is 0 Å². The molecule has 2 heteroatoms. The van der Waals surface area contributed by atoms with Gasteiger partial charge in [-0.25, -0.2) is 0 Å². The lowest BCUT2D eigenvalue weighted by atomic mass is 9.80. The average molecular weight is 1830 g/mol. The molecule has 0 spiro atoms. The summed E-state index contributed by atoms with van der Waals surface area (Å²) in [5, 5.41) is 25.0. The molecular weight excluding hydrogens is 1730 g/mol. The third-order valence-electron chi connectivity index (χ3n) is 31.2. The third-order valence-corrected chi connectivity index (χ3v) is 31.2. The summed E-state index contributed by atoms with van der Waals surface area (Å²) >= 11 is 0. The van der Waals surface area contributed by atoms with E-state index < -0.39 is 0 Å². The summed E-state index contributed by atoms with van der Waals surface area (Å²) in [5.41, 5.74) is 36.6. The van der Waals surface area contributed by atoms with Gasteiger partial charge in [-0.1, -0.05) is 452 Å². The monoisotopic (exact) mass is 1830 g/mol. The van der Waals surface area contributed by atoms with Crippen molar-refractivity contribution < 1.29 is 0 Å². The van der Waals surface area contributed by atoms with Gasteiger partial charge in [0.1, 0.15) is 0 Å². The van der Waals surface area contributed by atoms with E-state index in [0.29, 0.717) is 0 Å². The topological polar surface area (TPSA) is 6.48 Å². The van der Waals surface area contributed by atoms with Gasteiger partial charge in [0.15, 0.2) is 0 Å². The van der Waals surface area contributed by atoms with E-state index in [-0.39, 0.29) is 10.8 Å². The number of fused-ring (bicyclic) bond motifs is 22. The van der Waals surface area contributed by atoms with Gasteiger partial charge in [0.25, 0.3) is 0 Å². The molecule has 144 heavy (non-hydrogen) atoms. The highest BCUT2D eigenvalue weighted by atomic mass is 15.2. The SMILES string of the molecule is CC1(C)c2cc(-c3ccc4c(c3)c3ccccc3c3c(-c5ccccc5)cc(-c5ccccc5)c(-c5ccccc5)c43)ccc2-c2ccc(N(c3ccc4ccccc4c3)c3ccc4ccccc4c3)cc21.CC1(C)c2cc(-c3ccc4c(c3)c3ccccc3c3c(-c5ccccc5)cc(-c5ccccc5)c(-c5ccccc5)c43)ccc2-c2ccc(N(c3cccc4ccccc34)c3cccc4ccccc34)cc21. The Hall–Kier alpha value is -18.1. The van der Waals surface area contributed by atoms with Crippen molar-refractivity contribution in [3.63, 3.8) is 0 Å². The number of anilines is 6. The maximum Gasteiger partial charge on any atom is 0.0540 e. The molecule has 28 rings (SSSR count). The van der Waals surface area contributed by atoms with Crippen molar-refractivity contribution in [1.82, 2.24) is 0 Å². The van der Waals surface area contributed by atoms with E-state index >= 15 is 0 Å². The van der Waals surface area contributed by atoms with Crippen LogP contribution in [0.3, 0.4) is 0 Å². The molecule has 0 aliphatic heterocycles. The molecule has 26 aromatic rings.